The fraction of sp³-hybridized carbons (Fsp3) is 0.368. The van der Waals surface area contributed by atoms with Crippen molar-refractivity contribution in [3.8, 4) is 0 Å². The van der Waals surface area contributed by atoms with Gasteiger partial charge in [-0.15, -0.1) is 11.3 Å². The Morgan fingerprint density at radius 2 is 1.87 bits per heavy atom. The molecule has 2 amide bonds. The zero-order chi connectivity index (χ0) is 21.7. The minimum atomic E-state index is -3.77. The van der Waals surface area contributed by atoms with Crippen molar-refractivity contribution in [3.63, 3.8) is 0 Å². The summed E-state index contributed by atoms with van der Waals surface area (Å²) in [6, 6.07) is 8.03. The Balaban J connectivity index is 1.73. The molecular weight excluding hydrogens is 430 g/mol. The number of hydrogen-bond acceptors (Lipinski definition) is 7. The van der Waals surface area contributed by atoms with Crippen molar-refractivity contribution in [2.24, 2.45) is 0 Å². The Hall–Kier alpha value is -2.47. The summed E-state index contributed by atoms with van der Waals surface area (Å²) in [6.07, 6.45) is -0.481. The molecule has 3 rings (SSSR count). The van der Waals surface area contributed by atoms with E-state index in [0.717, 1.165) is 11.3 Å². The molecule has 1 aromatic carbocycles. The first-order chi connectivity index (χ1) is 14.3. The topological polar surface area (TPSA) is 105 Å². The van der Waals surface area contributed by atoms with Crippen molar-refractivity contribution in [1.29, 1.82) is 0 Å². The second kappa shape index (κ2) is 9.56. The highest BCUT2D eigenvalue weighted by molar-refractivity contribution is 7.89. The second-order valence-electron chi connectivity index (χ2n) is 6.39. The molecule has 1 aliphatic rings. The number of rotatable bonds is 6. The summed E-state index contributed by atoms with van der Waals surface area (Å²) in [4.78, 5) is 26.0. The van der Waals surface area contributed by atoms with E-state index in [2.05, 4.69) is 5.32 Å². The summed E-state index contributed by atoms with van der Waals surface area (Å²) in [6.45, 7) is 3.18. The maximum Gasteiger partial charge on any atom is 0.413 e. The Morgan fingerprint density at radius 1 is 1.20 bits per heavy atom. The fourth-order valence-corrected chi connectivity index (χ4v) is 5.58. The van der Waals surface area contributed by atoms with Crippen LogP contribution in [0.25, 0.3) is 0 Å². The third-order valence-electron chi connectivity index (χ3n) is 4.48. The van der Waals surface area contributed by atoms with Crippen molar-refractivity contribution >= 4 is 44.7 Å². The van der Waals surface area contributed by atoms with Crippen molar-refractivity contribution in [2.75, 3.05) is 50.2 Å². The number of ether oxygens (including phenoxy) is 2. The number of carbonyl (C=O) groups excluding carboxylic acids is 2. The van der Waals surface area contributed by atoms with Crippen molar-refractivity contribution in [2.45, 2.75) is 11.8 Å². The highest BCUT2D eigenvalue weighted by Gasteiger charge is 2.31. The van der Waals surface area contributed by atoms with Crippen LogP contribution in [-0.4, -0.2) is 64.7 Å². The molecule has 9 nitrogen and oxygen atoms in total. The van der Waals surface area contributed by atoms with Gasteiger partial charge in [0, 0.05) is 31.5 Å². The summed E-state index contributed by atoms with van der Waals surface area (Å²) in [7, 11) is -2.19. The summed E-state index contributed by atoms with van der Waals surface area (Å²) >= 11 is 1.07. The van der Waals surface area contributed by atoms with Gasteiger partial charge in [0.15, 0.2) is 0 Å². The highest BCUT2D eigenvalue weighted by atomic mass is 32.2. The highest BCUT2D eigenvalue weighted by Crippen LogP contribution is 2.27. The van der Waals surface area contributed by atoms with Gasteiger partial charge in [-0.2, -0.15) is 4.31 Å². The van der Waals surface area contributed by atoms with Crippen LogP contribution in [0.5, 0.6) is 0 Å². The first-order valence-electron chi connectivity index (χ1n) is 9.32. The Bertz CT molecular complexity index is 998. The predicted octanol–water partition coefficient (Wildman–Crippen LogP) is 2.61. The Labute approximate surface area is 179 Å². The van der Waals surface area contributed by atoms with E-state index in [1.807, 2.05) is 0 Å². The molecule has 0 spiro atoms. The molecule has 11 heteroatoms. The molecule has 0 radical (unpaired) electrons. The summed E-state index contributed by atoms with van der Waals surface area (Å²) in [5.41, 5.74) is 1.07. The Morgan fingerprint density at radius 3 is 2.50 bits per heavy atom. The smallest absolute Gasteiger partial charge is 0.413 e. The largest absolute Gasteiger partial charge is 0.449 e. The van der Waals surface area contributed by atoms with E-state index in [4.69, 9.17) is 9.47 Å². The van der Waals surface area contributed by atoms with Crippen molar-refractivity contribution in [3.05, 3.63) is 40.6 Å². The van der Waals surface area contributed by atoms with Crippen molar-refractivity contribution in [1.82, 2.24) is 4.31 Å². The number of benzene rings is 1. The van der Waals surface area contributed by atoms with Gasteiger partial charge in [0.25, 0.3) is 5.91 Å². The molecule has 1 aromatic heterocycles. The van der Waals surface area contributed by atoms with Gasteiger partial charge >= 0.3 is 6.09 Å². The molecule has 0 saturated carbocycles. The molecule has 0 bridgehead atoms. The number of anilines is 2. The van der Waals surface area contributed by atoms with Crippen molar-refractivity contribution < 1.29 is 27.5 Å². The van der Waals surface area contributed by atoms with E-state index >= 15 is 0 Å². The van der Waals surface area contributed by atoms with Crippen LogP contribution < -0.4 is 10.2 Å². The summed E-state index contributed by atoms with van der Waals surface area (Å²) < 4.78 is 37.3. The van der Waals surface area contributed by atoms with Gasteiger partial charge in [0.1, 0.15) is 9.77 Å². The number of hydrogen-bond donors (Lipinski definition) is 1. The van der Waals surface area contributed by atoms with Gasteiger partial charge in [-0.1, -0.05) is 0 Å². The molecule has 30 heavy (non-hydrogen) atoms. The summed E-state index contributed by atoms with van der Waals surface area (Å²) in [5.74, 6) is -0.511. The minimum Gasteiger partial charge on any atom is -0.449 e. The zero-order valence-corrected chi connectivity index (χ0v) is 18.3. The predicted molar refractivity (Wildman–Crippen MR) is 114 cm³/mol. The van der Waals surface area contributed by atoms with Crippen LogP contribution in [0.2, 0.25) is 0 Å². The first kappa shape index (κ1) is 22.2. The molecule has 0 atom stereocenters. The first-order valence-corrected chi connectivity index (χ1v) is 11.6. The van der Waals surface area contributed by atoms with Gasteiger partial charge in [0.2, 0.25) is 10.0 Å². The van der Waals surface area contributed by atoms with Gasteiger partial charge < -0.3 is 14.8 Å². The van der Waals surface area contributed by atoms with E-state index < -0.39 is 22.0 Å². The summed E-state index contributed by atoms with van der Waals surface area (Å²) in [5, 5.41) is 4.29. The van der Waals surface area contributed by atoms with Crippen LogP contribution in [0, 0.1) is 0 Å². The van der Waals surface area contributed by atoms with Crippen LogP contribution in [0.4, 0.5) is 16.2 Å². The average Bonchev–Trinajstić information content (AvgIpc) is 3.26. The number of nitrogens with one attached hydrogen (secondary N) is 1. The van der Waals surface area contributed by atoms with Gasteiger partial charge in [-0.25, -0.2) is 13.2 Å². The van der Waals surface area contributed by atoms with Gasteiger partial charge in [-0.05, 0) is 42.6 Å². The lowest BCUT2D eigenvalue weighted by molar-refractivity contribution is 0.0730. The quantitative estimate of drug-likeness (QED) is 0.721. The molecule has 162 valence electrons. The number of carbonyl (C=O) groups is 2. The van der Waals surface area contributed by atoms with Crippen LogP contribution in [0.1, 0.15) is 16.6 Å². The van der Waals surface area contributed by atoms with E-state index in [0.29, 0.717) is 24.6 Å². The second-order valence-corrected chi connectivity index (χ2v) is 9.21. The lowest BCUT2D eigenvalue weighted by Gasteiger charge is -2.26. The fourth-order valence-electron chi connectivity index (χ4n) is 2.87. The zero-order valence-electron chi connectivity index (χ0n) is 16.7. The lowest BCUT2D eigenvalue weighted by Crippen LogP contribution is -2.41. The normalized spacial score (nSPS) is 14.9. The average molecular weight is 454 g/mol. The molecule has 2 aromatic rings. The van der Waals surface area contributed by atoms with E-state index in [-0.39, 0.29) is 29.5 Å². The lowest BCUT2D eigenvalue weighted by atomic mass is 10.2. The third kappa shape index (κ3) is 4.81. The molecule has 1 fully saturated rings. The molecule has 0 aliphatic carbocycles. The molecule has 1 saturated heterocycles. The third-order valence-corrected chi connectivity index (χ3v) is 7.46. The molecule has 1 N–H and O–H groups in total. The number of thiophene rings is 1. The van der Waals surface area contributed by atoms with Crippen LogP contribution in [0.15, 0.2) is 40.6 Å². The van der Waals surface area contributed by atoms with E-state index in [1.165, 1.54) is 15.3 Å². The van der Waals surface area contributed by atoms with Crippen LogP contribution in [0.3, 0.4) is 0 Å². The maximum atomic E-state index is 12.9. The Kier molecular flexibility index (Phi) is 7.08. The van der Waals surface area contributed by atoms with Crippen LogP contribution >= 0.6 is 11.3 Å². The molecule has 0 unspecified atom stereocenters. The number of amides is 2. The standard InChI is InChI=1S/C19H23N3O6S2/c1-3-28-19(24)21(2)15-6-4-14(5-7-15)20-18(23)17-16(8-13-29-17)30(25,26)22-9-11-27-12-10-22/h4-8,13H,3,9-12H2,1-2H3,(H,20,23). The van der Waals surface area contributed by atoms with Gasteiger partial charge in [-0.3, -0.25) is 9.69 Å². The number of sulfonamides is 1. The number of nitrogens with zero attached hydrogens (tertiary/aromatic N) is 2. The molecule has 2 heterocycles. The SMILES string of the molecule is CCOC(=O)N(C)c1ccc(NC(=O)c2sccc2S(=O)(=O)N2CCOCC2)cc1. The minimum absolute atomic E-state index is 0.00874. The van der Waals surface area contributed by atoms with Crippen LogP contribution in [-0.2, 0) is 19.5 Å². The number of morpholine rings is 1. The van der Waals surface area contributed by atoms with E-state index in [1.54, 1.807) is 43.6 Å². The molecule has 1 aliphatic heterocycles. The maximum absolute atomic E-state index is 12.9. The molecular formula is C19H23N3O6S2. The van der Waals surface area contributed by atoms with Gasteiger partial charge in [0.05, 0.1) is 19.8 Å². The monoisotopic (exact) mass is 453 g/mol. The van der Waals surface area contributed by atoms with E-state index in [9.17, 15) is 18.0 Å².